The van der Waals surface area contributed by atoms with Gasteiger partial charge < -0.3 is 19.7 Å². The summed E-state index contributed by atoms with van der Waals surface area (Å²) in [7, 11) is 2.77. The van der Waals surface area contributed by atoms with E-state index in [0.717, 1.165) is 0 Å². The van der Waals surface area contributed by atoms with Crippen LogP contribution in [0.2, 0.25) is 0 Å². The summed E-state index contributed by atoms with van der Waals surface area (Å²) in [6.45, 7) is 0. The van der Waals surface area contributed by atoms with E-state index in [2.05, 4.69) is 0 Å². The minimum Gasteiger partial charge on any atom is -0.508 e. The Balaban J connectivity index is 2.27. The van der Waals surface area contributed by atoms with Crippen LogP contribution in [0.5, 0.6) is 23.0 Å². The first-order chi connectivity index (χ1) is 11.0. The fourth-order valence-corrected chi connectivity index (χ4v) is 2.12. The van der Waals surface area contributed by atoms with Crippen LogP contribution in [0.3, 0.4) is 0 Å². The third-order valence-electron chi connectivity index (χ3n) is 3.30. The monoisotopic (exact) mass is 316 g/mol. The number of rotatable bonds is 6. The Hall–Kier alpha value is -3.02. The van der Waals surface area contributed by atoms with Crippen molar-refractivity contribution >= 4 is 11.6 Å². The molecule has 0 fully saturated rings. The zero-order chi connectivity index (χ0) is 17.0. The van der Waals surface area contributed by atoms with E-state index in [1.165, 1.54) is 50.6 Å². The molecule has 2 aromatic rings. The predicted molar refractivity (Wildman–Crippen MR) is 82.6 cm³/mol. The number of Topliss-reactive ketones (excluding diaryl/α,β-unsaturated/α-hetero) is 2. The highest BCUT2D eigenvalue weighted by Gasteiger charge is 2.22. The third kappa shape index (κ3) is 3.60. The Labute approximate surface area is 132 Å². The highest BCUT2D eigenvalue weighted by atomic mass is 16.5. The number of ether oxygens (including phenoxy) is 2. The zero-order valence-corrected chi connectivity index (χ0v) is 12.7. The first-order valence-corrected chi connectivity index (χ1v) is 6.76. The molecule has 0 aliphatic carbocycles. The maximum absolute atomic E-state index is 12.3. The molecule has 0 saturated carbocycles. The summed E-state index contributed by atoms with van der Waals surface area (Å²) < 4.78 is 10.1. The van der Waals surface area contributed by atoms with Crippen molar-refractivity contribution in [2.75, 3.05) is 14.2 Å². The lowest BCUT2D eigenvalue weighted by Crippen LogP contribution is -2.10. The van der Waals surface area contributed by atoms with Crippen molar-refractivity contribution in [1.82, 2.24) is 0 Å². The second-order valence-corrected chi connectivity index (χ2v) is 4.79. The van der Waals surface area contributed by atoms with E-state index in [0.29, 0.717) is 11.3 Å². The molecule has 0 saturated heterocycles. The molecule has 0 aliphatic heterocycles. The number of phenolic OH excluding ortho intramolecular Hbond substituents is 2. The number of aromatic hydroxyl groups is 2. The lowest BCUT2D eigenvalue weighted by molar-refractivity contribution is 0.0891. The molecular weight excluding hydrogens is 300 g/mol. The quantitative estimate of drug-likeness (QED) is 0.628. The predicted octanol–water partition coefficient (Wildman–Crippen LogP) is 2.57. The van der Waals surface area contributed by atoms with Crippen LogP contribution in [0, 0.1) is 0 Å². The van der Waals surface area contributed by atoms with Crippen LogP contribution in [0.4, 0.5) is 0 Å². The van der Waals surface area contributed by atoms with Gasteiger partial charge in [-0.05, 0) is 24.3 Å². The van der Waals surface area contributed by atoms with Gasteiger partial charge in [0.15, 0.2) is 11.6 Å². The molecule has 2 N–H and O–H groups in total. The van der Waals surface area contributed by atoms with Gasteiger partial charge in [0.25, 0.3) is 0 Å². The minimum atomic E-state index is -0.569. The van der Waals surface area contributed by atoms with Gasteiger partial charge in [0.05, 0.1) is 20.6 Å². The van der Waals surface area contributed by atoms with E-state index in [1.807, 2.05) is 0 Å². The fraction of sp³-hybridized carbons (Fsp3) is 0.176. The van der Waals surface area contributed by atoms with Gasteiger partial charge in [-0.25, -0.2) is 0 Å². The molecule has 2 rings (SSSR count). The van der Waals surface area contributed by atoms with Crippen molar-refractivity contribution in [1.29, 1.82) is 0 Å². The topological polar surface area (TPSA) is 93.1 Å². The number of ketones is 2. The molecule has 0 heterocycles. The molecule has 0 unspecified atom stereocenters. The van der Waals surface area contributed by atoms with Crippen molar-refractivity contribution < 1.29 is 29.3 Å². The van der Waals surface area contributed by atoms with E-state index in [9.17, 15) is 19.8 Å². The van der Waals surface area contributed by atoms with Crippen molar-refractivity contribution in [2.24, 2.45) is 0 Å². The number of methoxy groups -OCH3 is 2. The lowest BCUT2D eigenvalue weighted by atomic mass is 10.00. The molecule has 0 amide bonds. The molecule has 0 radical (unpaired) electrons. The maximum Gasteiger partial charge on any atom is 0.178 e. The molecule has 6 heteroatoms. The standard InChI is InChI=1S/C17H16O6/c1-22-12-7-14(20)17(16(8-12)23-2)15(21)9-13(19)10-3-5-11(18)6-4-10/h3-8,18,20H,9H2,1-2H3. The van der Waals surface area contributed by atoms with E-state index in [1.54, 1.807) is 0 Å². The molecule has 0 aliphatic rings. The van der Waals surface area contributed by atoms with Crippen LogP contribution in [0.25, 0.3) is 0 Å². The first kappa shape index (κ1) is 16.4. The molecular formula is C17H16O6. The van der Waals surface area contributed by atoms with Crippen LogP contribution >= 0.6 is 0 Å². The van der Waals surface area contributed by atoms with Crippen LogP contribution in [-0.2, 0) is 0 Å². The van der Waals surface area contributed by atoms with Gasteiger partial charge in [-0.2, -0.15) is 0 Å². The summed E-state index contributed by atoms with van der Waals surface area (Å²) in [6, 6.07) is 8.32. The molecule has 0 atom stereocenters. The van der Waals surface area contributed by atoms with Crippen molar-refractivity contribution in [3.05, 3.63) is 47.5 Å². The average Bonchev–Trinajstić information content (AvgIpc) is 2.54. The summed E-state index contributed by atoms with van der Waals surface area (Å²) >= 11 is 0. The molecule has 0 aromatic heterocycles. The lowest BCUT2D eigenvalue weighted by Gasteiger charge is -2.11. The van der Waals surface area contributed by atoms with E-state index in [4.69, 9.17) is 9.47 Å². The largest absolute Gasteiger partial charge is 0.508 e. The van der Waals surface area contributed by atoms with Crippen LogP contribution < -0.4 is 9.47 Å². The highest BCUT2D eigenvalue weighted by molar-refractivity contribution is 6.15. The maximum atomic E-state index is 12.3. The molecule has 23 heavy (non-hydrogen) atoms. The van der Waals surface area contributed by atoms with Gasteiger partial charge in [0.1, 0.15) is 28.6 Å². The van der Waals surface area contributed by atoms with Gasteiger partial charge in [-0.15, -0.1) is 0 Å². The smallest absolute Gasteiger partial charge is 0.178 e. The van der Waals surface area contributed by atoms with Crippen molar-refractivity contribution in [2.45, 2.75) is 6.42 Å². The molecule has 2 aromatic carbocycles. The summed E-state index contributed by atoms with van der Waals surface area (Å²) in [5, 5.41) is 19.2. The number of hydrogen-bond acceptors (Lipinski definition) is 6. The number of carbonyl (C=O) groups is 2. The fourth-order valence-electron chi connectivity index (χ4n) is 2.12. The number of phenols is 2. The summed E-state index contributed by atoms with van der Waals surface area (Å²) in [6.07, 6.45) is -0.430. The van der Waals surface area contributed by atoms with Crippen molar-refractivity contribution in [3.8, 4) is 23.0 Å². The Morgan fingerprint density at radius 2 is 1.61 bits per heavy atom. The molecule has 0 bridgehead atoms. The summed E-state index contributed by atoms with van der Waals surface area (Å²) in [4.78, 5) is 24.5. The second kappa shape index (κ2) is 6.83. The van der Waals surface area contributed by atoms with Crippen molar-refractivity contribution in [3.63, 3.8) is 0 Å². The van der Waals surface area contributed by atoms with Gasteiger partial charge in [-0.3, -0.25) is 9.59 Å². The number of benzene rings is 2. The Bertz CT molecular complexity index is 733. The Kier molecular flexibility index (Phi) is 4.85. The minimum absolute atomic E-state index is 0.0299. The Morgan fingerprint density at radius 3 is 2.17 bits per heavy atom. The van der Waals surface area contributed by atoms with Gasteiger partial charge in [-0.1, -0.05) is 0 Å². The molecule has 0 spiro atoms. The van der Waals surface area contributed by atoms with E-state index < -0.39 is 18.0 Å². The van der Waals surface area contributed by atoms with Gasteiger partial charge in [0, 0.05) is 17.7 Å². The normalized spacial score (nSPS) is 10.2. The number of carbonyl (C=O) groups excluding carboxylic acids is 2. The SMILES string of the molecule is COc1cc(O)c(C(=O)CC(=O)c2ccc(O)cc2)c(OC)c1. The van der Waals surface area contributed by atoms with Crippen LogP contribution in [-0.4, -0.2) is 36.0 Å². The summed E-state index contributed by atoms with van der Waals surface area (Å²) in [5.41, 5.74) is 0.226. The van der Waals surface area contributed by atoms with Gasteiger partial charge in [0.2, 0.25) is 0 Å². The molecule has 120 valence electrons. The van der Waals surface area contributed by atoms with E-state index in [-0.39, 0.29) is 22.8 Å². The Morgan fingerprint density at radius 1 is 0.957 bits per heavy atom. The van der Waals surface area contributed by atoms with E-state index >= 15 is 0 Å². The molecule has 6 nitrogen and oxygen atoms in total. The van der Waals surface area contributed by atoms with Crippen LogP contribution in [0.15, 0.2) is 36.4 Å². The average molecular weight is 316 g/mol. The van der Waals surface area contributed by atoms with Crippen LogP contribution in [0.1, 0.15) is 27.1 Å². The zero-order valence-electron chi connectivity index (χ0n) is 12.7. The first-order valence-electron chi connectivity index (χ1n) is 6.76. The summed E-state index contributed by atoms with van der Waals surface area (Å²) in [5.74, 6) is -0.814. The van der Waals surface area contributed by atoms with Gasteiger partial charge >= 0.3 is 0 Å². The third-order valence-corrected chi connectivity index (χ3v) is 3.30. The second-order valence-electron chi connectivity index (χ2n) is 4.79. The number of hydrogen-bond donors (Lipinski definition) is 2. The highest BCUT2D eigenvalue weighted by Crippen LogP contribution is 2.34.